The molecule has 1 N–H and O–H groups in total. The number of anilines is 1. The number of hydrogen-bond donors (Lipinski definition) is 1. The fourth-order valence-corrected chi connectivity index (χ4v) is 2.38. The van der Waals surface area contributed by atoms with E-state index < -0.39 is 0 Å². The van der Waals surface area contributed by atoms with Gasteiger partial charge >= 0.3 is 0 Å². The number of halogens is 1. The standard InChI is InChI=1S/C15H12FNS/c1-3-15-14(17-2)10-12(18-15)9-8-11-6-4-5-7-13(11)16/h3-7,10,17H,1H2,2H3. The van der Waals surface area contributed by atoms with Gasteiger partial charge in [0.2, 0.25) is 0 Å². The SMILES string of the molecule is C=Cc1sc(C#Cc2ccccc2F)cc1NC. The molecule has 0 aliphatic carbocycles. The Morgan fingerprint density at radius 1 is 1.33 bits per heavy atom. The Labute approximate surface area is 110 Å². The van der Waals surface area contributed by atoms with Gasteiger partial charge in [-0.25, -0.2) is 4.39 Å². The molecule has 0 fully saturated rings. The van der Waals surface area contributed by atoms with Crippen LogP contribution in [-0.4, -0.2) is 7.05 Å². The van der Waals surface area contributed by atoms with Gasteiger partial charge in [0.05, 0.1) is 21.0 Å². The van der Waals surface area contributed by atoms with E-state index in [-0.39, 0.29) is 5.82 Å². The van der Waals surface area contributed by atoms with E-state index >= 15 is 0 Å². The predicted octanol–water partition coefficient (Wildman–Crippen LogP) is 3.97. The van der Waals surface area contributed by atoms with E-state index in [1.165, 1.54) is 17.4 Å². The molecule has 2 aromatic rings. The number of benzene rings is 1. The van der Waals surface area contributed by atoms with E-state index in [2.05, 4.69) is 23.7 Å². The van der Waals surface area contributed by atoms with E-state index in [1.54, 1.807) is 24.3 Å². The molecule has 1 aromatic heterocycles. The first kappa shape index (κ1) is 12.4. The molecule has 1 heterocycles. The molecule has 0 spiro atoms. The molecule has 1 aromatic carbocycles. The first-order valence-electron chi connectivity index (χ1n) is 5.45. The summed E-state index contributed by atoms with van der Waals surface area (Å²) in [4.78, 5) is 1.92. The smallest absolute Gasteiger partial charge is 0.138 e. The molecule has 0 saturated carbocycles. The molecule has 3 heteroatoms. The largest absolute Gasteiger partial charge is 0.387 e. The third-order valence-corrected chi connectivity index (χ3v) is 3.46. The first-order valence-corrected chi connectivity index (χ1v) is 6.27. The van der Waals surface area contributed by atoms with E-state index in [1.807, 2.05) is 13.1 Å². The lowest BCUT2D eigenvalue weighted by atomic mass is 10.2. The zero-order valence-corrected chi connectivity index (χ0v) is 10.8. The Balaban J connectivity index is 2.33. The minimum atomic E-state index is -0.292. The molecule has 18 heavy (non-hydrogen) atoms. The van der Waals surface area contributed by atoms with Crippen molar-refractivity contribution in [1.29, 1.82) is 0 Å². The second kappa shape index (κ2) is 5.52. The lowest BCUT2D eigenvalue weighted by Gasteiger charge is -1.93. The van der Waals surface area contributed by atoms with Gasteiger partial charge in [0, 0.05) is 7.05 Å². The van der Waals surface area contributed by atoms with Crippen LogP contribution >= 0.6 is 11.3 Å². The van der Waals surface area contributed by atoms with Crippen LogP contribution in [0.25, 0.3) is 6.08 Å². The van der Waals surface area contributed by atoms with E-state index in [0.29, 0.717) is 5.56 Å². The van der Waals surface area contributed by atoms with Crippen LogP contribution < -0.4 is 5.32 Å². The Hall–Kier alpha value is -2.05. The van der Waals surface area contributed by atoms with Crippen molar-refractivity contribution in [2.45, 2.75) is 0 Å². The van der Waals surface area contributed by atoms with Crippen molar-refractivity contribution in [2.75, 3.05) is 12.4 Å². The normalized spacial score (nSPS) is 9.44. The number of rotatable bonds is 2. The summed E-state index contributed by atoms with van der Waals surface area (Å²) in [6.45, 7) is 3.75. The molecule has 2 rings (SSSR count). The van der Waals surface area contributed by atoms with Gasteiger partial charge in [0.15, 0.2) is 0 Å². The van der Waals surface area contributed by atoms with Crippen LogP contribution in [0.2, 0.25) is 0 Å². The predicted molar refractivity (Wildman–Crippen MR) is 76.3 cm³/mol. The molecule has 0 aliphatic heterocycles. The van der Waals surface area contributed by atoms with Crippen molar-refractivity contribution in [3.05, 3.63) is 58.0 Å². The highest BCUT2D eigenvalue weighted by atomic mass is 32.1. The molecule has 90 valence electrons. The second-order valence-corrected chi connectivity index (χ2v) is 4.66. The van der Waals surface area contributed by atoms with Crippen molar-refractivity contribution < 1.29 is 4.39 Å². The van der Waals surface area contributed by atoms with Gasteiger partial charge in [0.25, 0.3) is 0 Å². The molecule has 0 radical (unpaired) electrons. The lowest BCUT2D eigenvalue weighted by Crippen LogP contribution is -1.85. The highest BCUT2D eigenvalue weighted by molar-refractivity contribution is 7.14. The van der Waals surface area contributed by atoms with Crippen LogP contribution in [0.1, 0.15) is 15.3 Å². The minimum Gasteiger partial charge on any atom is -0.387 e. The zero-order valence-electron chi connectivity index (χ0n) is 9.96. The quantitative estimate of drug-likeness (QED) is 0.803. The molecular weight excluding hydrogens is 245 g/mol. The molecule has 1 nitrogen and oxygen atoms in total. The maximum absolute atomic E-state index is 13.4. The maximum atomic E-state index is 13.4. The van der Waals surface area contributed by atoms with Crippen LogP contribution in [0, 0.1) is 17.7 Å². The summed E-state index contributed by atoms with van der Waals surface area (Å²) in [5.74, 6) is 5.52. The van der Waals surface area contributed by atoms with Gasteiger partial charge in [-0.15, -0.1) is 11.3 Å². The summed E-state index contributed by atoms with van der Waals surface area (Å²) in [6, 6.07) is 8.45. The summed E-state index contributed by atoms with van der Waals surface area (Å²) >= 11 is 1.53. The van der Waals surface area contributed by atoms with E-state index in [4.69, 9.17) is 0 Å². The maximum Gasteiger partial charge on any atom is 0.138 e. The Kier molecular flexibility index (Phi) is 3.81. The molecule has 0 amide bonds. The summed E-state index contributed by atoms with van der Waals surface area (Å²) in [5, 5.41) is 3.07. The molecule has 0 saturated heterocycles. The number of thiophene rings is 1. The van der Waals surface area contributed by atoms with Crippen molar-refractivity contribution in [2.24, 2.45) is 0 Å². The zero-order chi connectivity index (χ0) is 13.0. The summed E-state index contributed by atoms with van der Waals surface area (Å²) in [6.07, 6.45) is 1.78. The third kappa shape index (κ3) is 2.61. The van der Waals surface area contributed by atoms with Gasteiger partial charge < -0.3 is 5.32 Å². The minimum absolute atomic E-state index is 0.292. The fraction of sp³-hybridized carbons (Fsp3) is 0.0667. The van der Waals surface area contributed by atoms with Crippen molar-refractivity contribution in [3.8, 4) is 11.8 Å². The summed E-state index contributed by atoms with van der Waals surface area (Å²) < 4.78 is 13.4. The van der Waals surface area contributed by atoms with Crippen molar-refractivity contribution in [1.82, 2.24) is 0 Å². The summed E-state index contributed by atoms with van der Waals surface area (Å²) in [5.41, 5.74) is 1.41. The van der Waals surface area contributed by atoms with Crippen LogP contribution in [0.15, 0.2) is 36.9 Å². The van der Waals surface area contributed by atoms with Gasteiger partial charge in [-0.1, -0.05) is 36.6 Å². The number of hydrogen-bond acceptors (Lipinski definition) is 2. The fourth-order valence-electron chi connectivity index (χ4n) is 1.51. The molecule has 0 atom stereocenters. The monoisotopic (exact) mass is 257 g/mol. The van der Waals surface area contributed by atoms with Gasteiger partial charge in [-0.3, -0.25) is 0 Å². The molecule has 0 aliphatic rings. The number of nitrogens with one attached hydrogen (secondary N) is 1. The molecule has 0 bridgehead atoms. The lowest BCUT2D eigenvalue weighted by molar-refractivity contribution is 0.624. The average Bonchev–Trinajstić information content (AvgIpc) is 2.80. The van der Waals surface area contributed by atoms with E-state index in [9.17, 15) is 4.39 Å². The average molecular weight is 257 g/mol. The first-order chi connectivity index (χ1) is 8.74. The van der Waals surface area contributed by atoms with Crippen molar-refractivity contribution >= 4 is 23.1 Å². The van der Waals surface area contributed by atoms with Crippen molar-refractivity contribution in [3.63, 3.8) is 0 Å². The third-order valence-electron chi connectivity index (χ3n) is 2.41. The topological polar surface area (TPSA) is 12.0 Å². The Morgan fingerprint density at radius 3 is 2.72 bits per heavy atom. The van der Waals surface area contributed by atoms with Crippen LogP contribution in [0.3, 0.4) is 0 Å². The molecule has 0 unspecified atom stereocenters. The van der Waals surface area contributed by atoms with Gasteiger partial charge in [0.1, 0.15) is 5.82 Å². The van der Waals surface area contributed by atoms with Crippen LogP contribution in [0.5, 0.6) is 0 Å². The van der Waals surface area contributed by atoms with Gasteiger partial charge in [-0.2, -0.15) is 0 Å². The Bertz CT molecular complexity index is 631. The second-order valence-electron chi connectivity index (χ2n) is 3.57. The summed E-state index contributed by atoms with van der Waals surface area (Å²) in [7, 11) is 1.85. The van der Waals surface area contributed by atoms with Crippen LogP contribution in [-0.2, 0) is 0 Å². The molecular formula is C15H12FNS. The highest BCUT2D eigenvalue weighted by Crippen LogP contribution is 2.27. The van der Waals surface area contributed by atoms with Gasteiger partial charge in [-0.05, 0) is 18.2 Å². The van der Waals surface area contributed by atoms with E-state index in [0.717, 1.165) is 15.4 Å². The van der Waals surface area contributed by atoms with Crippen LogP contribution in [0.4, 0.5) is 10.1 Å². The Morgan fingerprint density at radius 2 is 2.11 bits per heavy atom. The highest BCUT2D eigenvalue weighted by Gasteiger charge is 2.03.